The van der Waals surface area contributed by atoms with Gasteiger partial charge in [-0.25, -0.2) is 9.18 Å². The van der Waals surface area contributed by atoms with Gasteiger partial charge < -0.3 is 10.1 Å². The number of nitrogens with one attached hydrogen (secondary N) is 1. The van der Waals surface area contributed by atoms with Crippen LogP contribution >= 0.6 is 0 Å². The molecule has 2 aromatic carbocycles. The topological polar surface area (TPSA) is 99.0 Å². The van der Waals surface area contributed by atoms with Gasteiger partial charge in [-0.05, 0) is 60.2 Å². The Morgan fingerprint density at radius 1 is 1.11 bits per heavy atom. The maximum Gasteiger partial charge on any atom is 0.338 e. The van der Waals surface area contributed by atoms with Crippen LogP contribution in [0.5, 0.6) is 0 Å². The maximum atomic E-state index is 13.0. The Hall–Kier alpha value is -3.62. The van der Waals surface area contributed by atoms with Gasteiger partial charge in [0.15, 0.2) is 0 Å². The number of rotatable bonds is 7. The smallest absolute Gasteiger partial charge is 0.338 e. The summed E-state index contributed by atoms with van der Waals surface area (Å²) < 4.78 is 18.0. The summed E-state index contributed by atoms with van der Waals surface area (Å²) in [4.78, 5) is 25.1. The average molecular weight is 383 g/mol. The van der Waals surface area contributed by atoms with Gasteiger partial charge in [0.2, 0.25) is 11.7 Å². The summed E-state index contributed by atoms with van der Waals surface area (Å²) in [7, 11) is 0. The van der Waals surface area contributed by atoms with Crippen molar-refractivity contribution < 1.29 is 18.7 Å². The van der Waals surface area contributed by atoms with E-state index < -0.39 is 5.97 Å². The number of nitrogens with zero attached hydrogens (tertiary/aromatic N) is 4. The molecule has 0 aliphatic heterocycles. The summed E-state index contributed by atoms with van der Waals surface area (Å²) in [5.41, 5.74) is 1.53. The predicted octanol–water partition coefficient (Wildman–Crippen LogP) is 2.68. The van der Waals surface area contributed by atoms with Crippen molar-refractivity contribution in [2.75, 3.05) is 11.9 Å². The number of hydrogen-bond donors (Lipinski definition) is 1. The fourth-order valence-corrected chi connectivity index (χ4v) is 2.32. The van der Waals surface area contributed by atoms with Crippen LogP contribution in [0.3, 0.4) is 0 Å². The highest BCUT2D eigenvalue weighted by atomic mass is 19.1. The largest absolute Gasteiger partial charge is 0.462 e. The van der Waals surface area contributed by atoms with Gasteiger partial charge in [-0.1, -0.05) is 6.92 Å². The summed E-state index contributed by atoms with van der Waals surface area (Å²) in [6, 6.07) is 12.0. The van der Waals surface area contributed by atoms with Crippen molar-refractivity contribution in [1.82, 2.24) is 20.2 Å². The van der Waals surface area contributed by atoms with Crippen LogP contribution in [0, 0.1) is 5.82 Å². The molecule has 1 N–H and O–H groups in total. The summed E-state index contributed by atoms with van der Waals surface area (Å²) in [6.07, 6.45) is 0.749. The first kappa shape index (κ1) is 19.2. The fraction of sp³-hybridized carbons (Fsp3) is 0.211. The number of carbonyl (C=O) groups excluding carboxylic acids is 2. The van der Waals surface area contributed by atoms with Gasteiger partial charge in [0.05, 0.1) is 12.2 Å². The van der Waals surface area contributed by atoms with E-state index in [0.717, 1.165) is 11.2 Å². The van der Waals surface area contributed by atoms with Crippen LogP contribution in [0.2, 0.25) is 0 Å². The molecule has 1 heterocycles. The average Bonchev–Trinajstić information content (AvgIpc) is 3.15. The lowest BCUT2D eigenvalue weighted by molar-refractivity contribution is -0.117. The number of ether oxygens (including phenoxy) is 1. The second-order valence-corrected chi connectivity index (χ2v) is 5.91. The molecule has 0 spiro atoms. The van der Waals surface area contributed by atoms with Gasteiger partial charge in [0.1, 0.15) is 12.4 Å². The molecule has 144 valence electrons. The monoisotopic (exact) mass is 383 g/mol. The molecular formula is C19H18FN5O3. The number of amides is 1. The van der Waals surface area contributed by atoms with E-state index in [1.807, 2.05) is 6.92 Å². The Kier molecular flexibility index (Phi) is 6.05. The number of tetrazole rings is 1. The van der Waals surface area contributed by atoms with E-state index >= 15 is 0 Å². The molecule has 0 bridgehead atoms. The van der Waals surface area contributed by atoms with E-state index in [4.69, 9.17) is 4.74 Å². The van der Waals surface area contributed by atoms with E-state index in [2.05, 4.69) is 20.7 Å². The number of carbonyl (C=O) groups is 2. The Labute approximate surface area is 160 Å². The lowest BCUT2D eigenvalue weighted by Crippen LogP contribution is -2.20. The van der Waals surface area contributed by atoms with Crippen molar-refractivity contribution in [3.8, 4) is 11.4 Å². The third-order valence-corrected chi connectivity index (χ3v) is 3.68. The van der Waals surface area contributed by atoms with Crippen LogP contribution < -0.4 is 5.32 Å². The highest BCUT2D eigenvalue weighted by molar-refractivity contribution is 5.92. The zero-order valence-corrected chi connectivity index (χ0v) is 15.1. The van der Waals surface area contributed by atoms with Crippen LogP contribution in [0.15, 0.2) is 48.5 Å². The lowest BCUT2D eigenvalue weighted by atomic mass is 10.2. The van der Waals surface area contributed by atoms with Gasteiger partial charge in [-0.2, -0.15) is 4.80 Å². The summed E-state index contributed by atoms with van der Waals surface area (Å²) in [5.74, 6) is -0.827. The third-order valence-electron chi connectivity index (χ3n) is 3.68. The molecule has 0 radical (unpaired) electrons. The first-order chi connectivity index (χ1) is 13.5. The van der Waals surface area contributed by atoms with Crippen LogP contribution in [0.1, 0.15) is 23.7 Å². The molecule has 8 nitrogen and oxygen atoms in total. The first-order valence-electron chi connectivity index (χ1n) is 8.66. The van der Waals surface area contributed by atoms with Crippen LogP contribution in [0.4, 0.5) is 10.1 Å². The molecule has 9 heteroatoms. The number of aromatic nitrogens is 4. The molecule has 3 aromatic rings. The maximum absolute atomic E-state index is 13.0. The van der Waals surface area contributed by atoms with E-state index in [1.165, 1.54) is 24.3 Å². The molecule has 1 aromatic heterocycles. The number of benzene rings is 2. The van der Waals surface area contributed by atoms with E-state index in [-0.39, 0.29) is 18.3 Å². The second kappa shape index (κ2) is 8.85. The molecule has 0 unspecified atom stereocenters. The SMILES string of the molecule is CCCOC(=O)c1ccc(NC(=O)Cn2nnc(-c3ccc(F)cc3)n2)cc1. The molecule has 1 amide bonds. The fourth-order valence-electron chi connectivity index (χ4n) is 2.32. The minimum absolute atomic E-state index is 0.144. The van der Waals surface area contributed by atoms with Crippen molar-refractivity contribution in [1.29, 1.82) is 0 Å². The molecule has 3 rings (SSSR count). The van der Waals surface area contributed by atoms with Gasteiger partial charge in [0, 0.05) is 11.3 Å². The quantitative estimate of drug-likeness (QED) is 0.630. The van der Waals surface area contributed by atoms with Gasteiger partial charge in [-0.3, -0.25) is 4.79 Å². The third kappa shape index (κ3) is 4.97. The standard InChI is InChI=1S/C19H18FN5O3/c1-2-11-28-19(27)14-5-9-16(10-6-14)21-17(26)12-25-23-18(22-24-25)13-3-7-15(20)8-4-13/h3-10H,2,11-12H2,1H3,(H,21,26). The number of esters is 1. The number of hydrogen-bond acceptors (Lipinski definition) is 6. The molecule has 28 heavy (non-hydrogen) atoms. The molecule has 0 saturated carbocycles. The van der Waals surface area contributed by atoms with E-state index in [0.29, 0.717) is 29.2 Å². The number of halogens is 1. The minimum atomic E-state index is -0.403. The van der Waals surface area contributed by atoms with Crippen LogP contribution in [0.25, 0.3) is 11.4 Å². The van der Waals surface area contributed by atoms with Gasteiger partial charge in [-0.15, -0.1) is 10.2 Å². The Morgan fingerprint density at radius 2 is 1.82 bits per heavy atom. The zero-order valence-electron chi connectivity index (χ0n) is 15.1. The zero-order chi connectivity index (χ0) is 19.9. The van der Waals surface area contributed by atoms with Gasteiger partial charge >= 0.3 is 5.97 Å². The number of anilines is 1. The van der Waals surface area contributed by atoms with Crippen molar-refractivity contribution >= 4 is 17.6 Å². The molecule has 0 atom stereocenters. The highest BCUT2D eigenvalue weighted by Gasteiger charge is 2.11. The van der Waals surface area contributed by atoms with Crippen LogP contribution in [-0.2, 0) is 16.1 Å². The van der Waals surface area contributed by atoms with E-state index in [9.17, 15) is 14.0 Å². The Balaban J connectivity index is 1.57. The molecule has 0 fully saturated rings. The van der Waals surface area contributed by atoms with Gasteiger partial charge in [0.25, 0.3) is 0 Å². The summed E-state index contributed by atoms with van der Waals surface area (Å²) in [6.45, 7) is 2.13. The normalized spacial score (nSPS) is 10.5. The highest BCUT2D eigenvalue weighted by Crippen LogP contribution is 2.14. The lowest BCUT2D eigenvalue weighted by Gasteiger charge is -2.06. The van der Waals surface area contributed by atoms with Crippen molar-refractivity contribution in [2.24, 2.45) is 0 Å². The second-order valence-electron chi connectivity index (χ2n) is 5.91. The Morgan fingerprint density at radius 3 is 2.50 bits per heavy atom. The first-order valence-corrected chi connectivity index (χ1v) is 8.66. The van der Waals surface area contributed by atoms with Crippen molar-refractivity contribution in [3.05, 3.63) is 59.9 Å². The molecule has 0 aliphatic rings. The summed E-state index contributed by atoms with van der Waals surface area (Å²) in [5, 5.41) is 14.5. The molecular weight excluding hydrogens is 365 g/mol. The molecule has 0 saturated heterocycles. The van der Waals surface area contributed by atoms with Crippen LogP contribution in [-0.4, -0.2) is 38.7 Å². The Bertz CT molecular complexity index is 954. The van der Waals surface area contributed by atoms with Crippen molar-refractivity contribution in [2.45, 2.75) is 19.9 Å². The predicted molar refractivity (Wildman–Crippen MR) is 98.9 cm³/mol. The minimum Gasteiger partial charge on any atom is -0.462 e. The van der Waals surface area contributed by atoms with E-state index in [1.54, 1.807) is 24.3 Å². The van der Waals surface area contributed by atoms with Crippen molar-refractivity contribution in [3.63, 3.8) is 0 Å². The summed E-state index contributed by atoms with van der Waals surface area (Å²) >= 11 is 0. The molecule has 0 aliphatic carbocycles.